The van der Waals surface area contributed by atoms with Crippen LogP contribution in [0.4, 0.5) is 5.69 Å². The van der Waals surface area contributed by atoms with Crippen molar-refractivity contribution in [2.75, 3.05) is 5.32 Å². The number of rotatable bonds is 4. The Hall–Kier alpha value is -1.52. The van der Waals surface area contributed by atoms with E-state index in [9.17, 15) is 4.79 Å². The predicted octanol–water partition coefficient (Wildman–Crippen LogP) is 4.72. The largest absolute Gasteiger partial charge is 0.478 e. The molecular formula is C15H13BrClNO2. The van der Waals surface area contributed by atoms with Crippen LogP contribution in [-0.2, 0) is 6.54 Å². The molecule has 0 unspecified atom stereocenters. The van der Waals surface area contributed by atoms with Crippen LogP contribution in [0.5, 0.6) is 0 Å². The summed E-state index contributed by atoms with van der Waals surface area (Å²) in [6.45, 7) is 2.54. The first-order valence-electron chi connectivity index (χ1n) is 5.99. The van der Waals surface area contributed by atoms with Gasteiger partial charge in [0.1, 0.15) is 0 Å². The quantitative estimate of drug-likeness (QED) is 0.835. The standard InChI is InChI=1S/C15H13BrClNO2/c1-9-6-12(16)14(7-13(9)17)18-8-10-2-4-11(5-3-10)15(19)20/h2-7,18H,8H2,1H3,(H,19,20). The van der Waals surface area contributed by atoms with Gasteiger partial charge in [-0.3, -0.25) is 0 Å². The lowest BCUT2D eigenvalue weighted by Gasteiger charge is -2.11. The van der Waals surface area contributed by atoms with Gasteiger partial charge in [-0.2, -0.15) is 0 Å². The summed E-state index contributed by atoms with van der Waals surface area (Å²) in [7, 11) is 0. The second kappa shape index (κ2) is 6.29. The third-order valence-corrected chi connectivity index (χ3v) is 4.00. The van der Waals surface area contributed by atoms with Crippen molar-refractivity contribution in [1.82, 2.24) is 0 Å². The molecule has 2 rings (SSSR count). The van der Waals surface area contributed by atoms with Gasteiger partial charge in [0.25, 0.3) is 0 Å². The molecule has 2 N–H and O–H groups in total. The van der Waals surface area contributed by atoms with Crippen molar-refractivity contribution in [1.29, 1.82) is 0 Å². The Bertz CT molecular complexity index is 641. The molecule has 0 spiro atoms. The fraction of sp³-hybridized carbons (Fsp3) is 0.133. The number of anilines is 1. The maximum atomic E-state index is 10.8. The van der Waals surface area contributed by atoms with Gasteiger partial charge >= 0.3 is 5.97 Å². The lowest BCUT2D eigenvalue weighted by atomic mass is 10.1. The monoisotopic (exact) mass is 353 g/mol. The summed E-state index contributed by atoms with van der Waals surface area (Å²) in [5.41, 5.74) is 3.20. The van der Waals surface area contributed by atoms with E-state index in [0.717, 1.165) is 21.3 Å². The Morgan fingerprint density at radius 3 is 2.55 bits per heavy atom. The number of nitrogens with one attached hydrogen (secondary N) is 1. The van der Waals surface area contributed by atoms with Crippen LogP contribution in [0.2, 0.25) is 5.02 Å². The van der Waals surface area contributed by atoms with Gasteiger partial charge < -0.3 is 10.4 Å². The van der Waals surface area contributed by atoms with Crippen molar-refractivity contribution in [2.24, 2.45) is 0 Å². The summed E-state index contributed by atoms with van der Waals surface area (Å²) < 4.78 is 0.946. The van der Waals surface area contributed by atoms with Crippen molar-refractivity contribution in [3.8, 4) is 0 Å². The molecule has 2 aromatic rings. The van der Waals surface area contributed by atoms with Crippen LogP contribution in [0.1, 0.15) is 21.5 Å². The van der Waals surface area contributed by atoms with Gasteiger partial charge in [-0.25, -0.2) is 4.79 Å². The van der Waals surface area contributed by atoms with Crippen molar-refractivity contribution >= 4 is 39.2 Å². The van der Waals surface area contributed by atoms with E-state index in [1.54, 1.807) is 24.3 Å². The van der Waals surface area contributed by atoms with Crippen LogP contribution in [0.15, 0.2) is 40.9 Å². The second-order valence-corrected chi connectivity index (χ2v) is 5.70. The summed E-state index contributed by atoms with van der Waals surface area (Å²) in [6.07, 6.45) is 0. The summed E-state index contributed by atoms with van der Waals surface area (Å²) in [5, 5.41) is 12.8. The predicted molar refractivity (Wildman–Crippen MR) is 84.6 cm³/mol. The topological polar surface area (TPSA) is 49.3 Å². The lowest BCUT2D eigenvalue weighted by Crippen LogP contribution is -2.02. The zero-order chi connectivity index (χ0) is 14.7. The Kier molecular flexibility index (Phi) is 4.68. The molecule has 0 bridgehead atoms. The zero-order valence-electron chi connectivity index (χ0n) is 10.8. The molecule has 0 atom stereocenters. The maximum Gasteiger partial charge on any atom is 0.335 e. The highest BCUT2D eigenvalue weighted by Crippen LogP contribution is 2.29. The van der Waals surface area contributed by atoms with E-state index in [0.29, 0.717) is 11.6 Å². The molecule has 0 fully saturated rings. The lowest BCUT2D eigenvalue weighted by molar-refractivity contribution is 0.0697. The van der Waals surface area contributed by atoms with Gasteiger partial charge in [-0.1, -0.05) is 23.7 Å². The van der Waals surface area contributed by atoms with Gasteiger partial charge in [0.05, 0.1) is 11.3 Å². The van der Waals surface area contributed by atoms with Crippen LogP contribution in [0.25, 0.3) is 0 Å². The Morgan fingerprint density at radius 2 is 1.95 bits per heavy atom. The third-order valence-electron chi connectivity index (χ3n) is 2.93. The van der Waals surface area contributed by atoms with E-state index in [4.69, 9.17) is 16.7 Å². The molecule has 2 aromatic carbocycles. The van der Waals surface area contributed by atoms with Crippen LogP contribution >= 0.6 is 27.5 Å². The average molecular weight is 355 g/mol. The molecule has 104 valence electrons. The summed E-state index contributed by atoms with van der Waals surface area (Å²) in [6, 6.07) is 10.6. The zero-order valence-corrected chi connectivity index (χ0v) is 13.1. The molecule has 0 amide bonds. The molecule has 0 aromatic heterocycles. The summed E-state index contributed by atoms with van der Waals surface area (Å²) in [5.74, 6) is -0.919. The first-order valence-corrected chi connectivity index (χ1v) is 7.16. The highest BCUT2D eigenvalue weighted by atomic mass is 79.9. The molecule has 0 aliphatic rings. The van der Waals surface area contributed by atoms with Gasteiger partial charge in [-0.15, -0.1) is 0 Å². The van der Waals surface area contributed by atoms with Crippen molar-refractivity contribution in [2.45, 2.75) is 13.5 Å². The fourth-order valence-corrected chi connectivity index (χ4v) is 2.51. The van der Waals surface area contributed by atoms with Gasteiger partial charge in [0.2, 0.25) is 0 Å². The minimum absolute atomic E-state index is 0.285. The second-order valence-electron chi connectivity index (χ2n) is 4.44. The smallest absolute Gasteiger partial charge is 0.335 e. The van der Waals surface area contributed by atoms with E-state index in [1.807, 2.05) is 19.1 Å². The Balaban J connectivity index is 2.09. The molecule has 0 heterocycles. The minimum atomic E-state index is -0.919. The third kappa shape index (κ3) is 3.52. The number of carboxylic acid groups (broad SMARTS) is 1. The van der Waals surface area contributed by atoms with Crippen LogP contribution in [0, 0.1) is 6.92 Å². The molecule has 0 radical (unpaired) electrons. The van der Waals surface area contributed by atoms with Crippen molar-refractivity contribution < 1.29 is 9.90 Å². The molecule has 0 aliphatic heterocycles. The van der Waals surface area contributed by atoms with E-state index < -0.39 is 5.97 Å². The van der Waals surface area contributed by atoms with E-state index in [2.05, 4.69) is 21.2 Å². The molecule has 0 aliphatic carbocycles. The molecule has 0 saturated carbocycles. The normalized spacial score (nSPS) is 10.3. The molecule has 3 nitrogen and oxygen atoms in total. The van der Waals surface area contributed by atoms with Gasteiger partial charge in [-0.05, 0) is 58.2 Å². The highest BCUT2D eigenvalue weighted by molar-refractivity contribution is 9.10. The minimum Gasteiger partial charge on any atom is -0.478 e. The molecule has 20 heavy (non-hydrogen) atoms. The van der Waals surface area contributed by atoms with E-state index in [-0.39, 0.29) is 5.56 Å². The van der Waals surface area contributed by atoms with Gasteiger partial charge in [0.15, 0.2) is 0 Å². The highest BCUT2D eigenvalue weighted by Gasteiger charge is 2.05. The number of halogens is 2. The molecule has 5 heteroatoms. The average Bonchev–Trinajstić information content (AvgIpc) is 2.42. The van der Waals surface area contributed by atoms with Crippen LogP contribution < -0.4 is 5.32 Å². The van der Waals surface area contributed by atoms with Crippen molar-refractivity contribution in [3.05, 3.63) is 62.6 Å². The number of hydrogen-bond donors (Lipinski definition) is 2. The van der Waals surface area contributed by atoms with E-state index >= 15 is 0 Å². The first kappa shape index (κ1) is 14.9. The maximum absolute atomic E-state index is 10.8. The van der Waals surface area contributed by atoms with Crippen molar-refractivity contribution in [3.63, 3.8) is 0 Å². The summed E-state index contributed by atoms with van der Waals surface area (Å²) >= 11 is 9.58. The SMILES string of the molecule is Cc1cc(Br)c(NCc2ccc(C(=O)O)cc2)cc1Cl. The number of aromatic carboxylic acids is 1. The van der Waals surface area contributed by atoms with Crippen LogP contribution in [0.3, 0.4) is 0 Å². The molecular weight excluding hydrogens is 342 g/mol. The van der Waals surface area contributed by atoms with Crippen LogP contribution in [-0.4, -0.2) is 11.1 Å². The van der Waals surface area contributed by atoms with E-state index in [1.165, 1.54) is 0 Å². The number of benzene rings is 2. The number of aryl methyl sites for hydroxylation is 1. The fourth-order valence-electron chi connectivity index (χ4n) is 1.74. The Morgan fingerprint density at radius 1 is 1.30 bits per heavy atom. The number of carbonyl (C=O) groups is 1. The first-order chi connectivity index (χ1) is 9.47. The Labute approximate surface area is 130 Å². The molecule has 0 saturated heterocycles. The number of carboxylic acids is 1. The van der Waals surface area contributed by atoms with Gasteiger partial charge in [0, 0.05) is 16.0 Å². The number of hydrogen-bond acceptors (Lipinski definition) is 2. The summed E-state index contributed by atoms with van der Waals surface area (Å²) in [4.78, 5) is 10.8.